The molecule has 0 unspecified atom stereocenters. The van der Waals surface area contributed by atoms with E-state index in [0.717, 1.165) is 22.4 Å². The fraction of sp³-hybridized carbons (Fsp3) is 0.167. The number of benzene rings is 2. The molecule has 2 N–H and O–H groups in total. The molecule has 3 aromatic rings. The van der Waals surface area contributed by atoms with E-state index in [1.807, 2.05) is 30.3 Å². The van der Waals surface area contributed by atoms with Gasteiger partial charge in [-0.1, -0.05) is 12.1 Å². The molecule has 0 atom stereocenters. The summed E-state index contributed by atoms with van der Waals surface area (Å²) in [5.74, 6) is 2.00. The monoisotopic (exact) mass is 336 g/mol. The number of nitrogens with one attached hydrogen (secondary N) is 2. The molecule has 0 bridgehead atoms. The van der Waals surface area contributed by atoms with Gasteiger partial charge in [0.15, 0.2) is 11.5 Å². The van der Waals surface area contributed by atoms with Gasteiger partial charge in [0.25, 0.3) is 5.91 Å². The molecular weight excluding hydrogens is 320 g/mol. The first-order valence-electron chi connectivity index (χ1n) is 7.84. The van der Waals surface area contributed by atoms with Gasteiger partial charge in [0.1, 0.15) is 12.1 Å². The maximum atomic E-state index is 12.0. The Morgan fingerprint density at radius 2 is 2.04 bits per heavy atom. The third kappa shape index (κ3) is 2.80. The second-order valence-electron chi connectivity index (χ2n) is 5.54. The lowest BCUT2D eigenvalue weighted by Crippen LogP contribution is -2.18. The van der Waals surface area contributed by atoms with Crippen molar-refractivity contribution >= 4 is 22.6 Å². The molecule has 0 spiro atoms. The second kappa shape index (κ2) is 6.27. The number of aromatic nitrogens is 2. The number of rotatable bonds is 4. The molecule has 0 saturated carbocycles. The van der Waals surface area contributed by atoms with Crippen LogP contribution in [0.2, 0.25) is 0 Å². The quantitative estimate of drug-likeness (QED) is 0.761. The van der Waals surface area contributed by atoms with Crippen molar-refractivity contribution in [3.8, 4) is 11.5 Å². The Hall–Kier alpha value is -3.35. The number of fused-ring (bicyclic) bond motifs is 2. The van der Waals surface area contributed by atoms with E-state index >= 15 is 0 Å². The van der Waals surface area contributed by atoms with Gasteiger partial charge < -0.3 is 20.1 Å². The summed E-state index contributed by atoms with van der Waals surface area (Å²) in [6, 6.07) is 11.3. The highest BCUT2D eigenvalue weighted by Crippen LogP contribution is 2.32. The van der Waals surface area contributed by atoms with Gasteiger partial charge in [-0.05, 0) is 29.8 Å². The van der Waals surface area contributed by atoms with Crippen LogP contribution in [0.4, 0.5) is 5.82 Å². The van der Waals surface area contributed by atoms with Crippen molar-refractivity contribution in [3.63, 3.8) is 0 Å². The lowest BCUT2D eigenvalue weighted by Gasteiger charge is -2.10. The van der Waals surface area contributed by atoms with Crippen molar-refractivity contribution in [2.45, 2.75) is 6.54 Å². The average Bonchev–Trinajstić information content (AvgIpc) is 3.13. The van der Waals surface area contributed by atoms with E-state index in [1.54, 1.807) is 13.1 Å². The summed E-state index contributed by atoms with van der Waals surface area (Å²) >= 11 is 0. The van der Waals surface area contributed by atoms with Crippen molar-refractivity contribution in [3.05, 3.63) is 53.9 Å². The van der Waals surface area contributed by atoms with Crippen LogP contribution in [-0.4, -0.2) is 29.7 Å². The summed E-state index contributed by atoms with van der Waals surface area (Å²) in [5, 5.41) is 6.72. The Labute approximate surface area is 144 Å². The van der Waals surface area contributed by atoms with Crippen LogP contribution in [0.5, 0.6) is 11.5 Å². The van der Waals surface area contributed by atoms with E-state index in [9.17, 15) is 4.79 Å². The summed E-state index contributed by atoms with van der Waals surface area (Å²) in [6.45, 7) is 0.817. The molecule has 2 aromatic carbocycles. The number of nitrogens with zero attached hydrogens (tertiary/aromatic N) is 2. The van der Waals surface area contributed by atoms with Gasteiger partial charge in [-0.3, -0.25) is 4.79 Å². The van der Waals surface area contributed by atoms with Crippen LogP contribution < -0.4 is 20.1 Å². The van der Waals surface area contributed by atoms with Gasteiger partial charge in [-0.15, -0.1) is 0 Å². The van der Waals surface area contributed by atoms with Gasteiger partial charge in [-0.25, -0.2) is 9.97 Å². The highest BCUT2D eigenvalue weighted by atomic mass is 16.7. The first-order valence-corrected chi connectivity index (χ1v) is 7.84. The van der Waals surface area contributed by atoms with Crippen LogP contribution in [0.1, 0.15) is 15.9 Å². The van der Waals surface area contributed by atoms with Crippen LogP contribution in [0.15, 0.2) is 42.7 Å². The first kappa shape index (κ1) is 15.2. The molecule has 4 rings (SSSR count). The number of ether oxygens (including phenoxy) is 2. The average molecular weight is 336 g/mol. The van der Waals surface area contributed by atoms with E-state index in [2.05, 4.69) is 20.6 Å². The lowest BCUT2D eigenvalue weighted by molar-refractivity contribution is 0.0964. The number of carbonyl (C=O) groups is 1. The Bertz CT molecular complexity index is 958. The van der Waals surface area contributed by atoms with Crippen molar-refractivity contribution in [2.75, 3.05) is 19.2 Å². The minimum atomic E-state index is -0.175. The Balaban J connectivity index is 1.62. The molecule has 1 aliphatic heterocycles. The zero-order chi connectivity index (χ0) is 17.2. The smallest absolute Gasteiger partial charge is 0.253 e. The zero-order valence-corrected chi connectivity index (χ0v) is 13.6. The van der Waals surface area contributed by atoms with Crippen molar-refractivity contribution in [2.24, 2.45) is 0 Å². The molecule has 0 aliphatic carbocycles. The number of hydrogen-bond donors (Lipinski definition) is 2. The predicted octanol–water partition coefficient (Wildman–Crippen LogP) is 2.33. The Morgan fingerprint density at radius 1 is 1.16 bits per heavy atom. The number of amides is 1. The standard InChI is InChI=1S/C18H16N4O3/c1-19-18(23)13-4-2-3-12-16(13)21-9-22-17(12)20-8-11-5-6-14-15(7-11)25-10-24-14/h2-7,9H,8,10H2,1H3,(H,19,23)(H,20,21,22). The lowest BCUT2D eigenvalue weighted by atomic mass is 10.1. The Morgan fingerprint density at radius 3 is 2.92 bits per heavy atom. The van der Waals surface area contributed by atoms with Crippen LogP contribution in [0.3, 0.4) is 0 Å². The molecule has 1 aromatic heterocycles. The molecule has 0 saturated heterocycles. The normalized spacial score (nSPS) is 12.2. The van der Waals surface area contributed by atoms with Gasteiger partial charge in [-0.2, -0.15) is 0 Å². The predicted molar refractivity (Wildman–Crippen MR) is 92.8 cm³/mol. The molecule has 1 amide bonds. The number of hydrogen-bond acceptors (Lipinski definition) is 6. The molecule has 25 heavy (non-hydrogen) atoms. The molecule has 0 fully saturated rings. The minimum absolute atomic E-state index is 0.175. The fourth-order valence-corrected chi connectivity index (χ4v) is 2.78. The number of anilines is 1. The van der Waals surface area contributed by atoms with E-state index in [4.69, 9.17) is 9.47 Å². The molecule has 7 nitrogen and oxygen atoms in total. The van der Waals surface area contributed by atoms with E-state index < -0.39 is 0 Å². The zero-order valence-electron chi connectivity index (χ0n) is 13.6. The van der Waals surface area contributed by atoms with Crippen molar-refractivity contribution < 1.29 is 14.3 Å². The summed E-state index contributed by atoms with van der Waals surface area (Å²) in [4.78, 5) is 20.6. The molecule has 7 heteroatoms. The highest BCUT2D eigenvalue weighted by molar-refractivity contribution is 6.07. The van der Waals surface area contributed by atoms with Crippen LogP contribution in [0, 0.1) is 0 Å². The van der Waals surface area contributed by atoms with E-state index in [-0.39, 0.29) is 12.7 Å². The third-order valence-corrected chi connectivity index (χ3v) is 4.03. The largest absolute Gasteiger partial charge is 0.454 e. The molecule has 1 aliphatic rings. The maximum absolute atomic E-state index is 12.0. The third-order valence-electron chi connectivity index (χ3n) is 4.03. The summed E-state index contributed by atoms with van der Waals surface area (Å²) < 4.78 is 10.7. The van der Waals surface area contributed by atoms with Crippen LogP contribution in [-0.2, 0) is 6.54 Å². The maximum Gasteiger partial charge on any atom is 0.253 e. The Kier molecular flexibility index (Phi) is 3.81. The van der Waals surface area contributed by atoms with Crippen molar-refractivity contribution in [1.82, 2.24) is 15.3 Å². The van der Waals surface area contributed by atoms with Gasteiger partial charge >= 0.3 is 0 Å². The number of para-hydroxylation sites is 1. The van der Waals surface area contributed by atoms with Gasteiger partial charge in [0, 0.05) is 19.0 Å². The van der Waals surface area contributed by atoms with Gasteiger partial charge in [0.2, 0.25) is 6.79 Å². The molecular formula is C18H16N4O3. The number of carbonyl (C=O) groups excluding carboxylic acids is 1. The second-order valence-corrected chi connectivity index (χ2v) is 5.54. The van der Waals surface area contributed by atoms with E-state index in [0.29, 0.717) is 23.4 Å². The topological polar surface area (TPSA) is 85.4 Å². The first-order chi connectivity index (χ1) is 12.3. The highest BCUT2D eigenvalue weighted by Gasteiger charge is 2.14. The van der Waals surface area contributed by atoms with E-state index in [1.165, 1.54) is 6.33 Å². The van der Waals surface area contributed by atoms with Crippen molar-refractivity contribution in [1.29, 1.82) is 0 Å². The summed E-state index contributed by atoms with van der Waals surface area (Å²) in [5.41, 5.74) is 2.18. The molecule has 2 heterocycles. The summed E-state index contributed by atoms with van der Waals surface area (Å²) in [7, 11) is 1.60. The van der Waals surface area contributed by atoms with Gasteiger partial charge in [0.05, 0.1) is 11.1 Å². The summed E-state index contributed by atoms with van der Waals surface area (Å²) in [6.07, 6.45) is 1.46. The molecule has 0 radical (unpaired) electrons. The molecule has 126 valence electrons. The van der Waals surface area contributed by atoms with Crippen LogP contribution >= 0.6 is 0 Å². The SMILES string of the molecule is CNC(=O)c1cccc2c(NCc3ccc4c(c3)OCO4)ncnc12. The van der Waals surface area contributed by atoms with Crippen LogP contribution in [0.25, 0.3) is 10.9 Å². The minimum Gasteiger partial charge on any atom is -0.454 e. The fourth-order valence-electron chi connectivity index (χ4n) is 2.78.